The van der Waals surface area contributed by atoms with E-state index in [1.165, 1.54) is 13.1 Å². The Bertz CT molecular complexity index is 323. The summed E-state index contributed by atoms with van der Waals surface area (Å²) in [6.45, 7) is 2.92. The predicted octanol–water partition coefficient (Wildman–Crippen LogP) is 0.808. The molecule has 1 N–H and O–H groups in total. The second-order valence-electron chi connectivity index (χ2n) is 2.69. The number of aliphatic hydroxyl groups is 1. The van der Waals surface area contributed by atoms with Crippen LogP contribution < -0.4 is 4.74 Å². The molecule has 0 atom stereocenters. The van der Waals surface area contributed by atoms with Crippen molar-refractivity contribution < 1.29 is 14.6 Å². The Kier molecular flexibility index (Phi) is 2.97. The van der Waals surface area contributed by atoms with Crippen LogP contribution in [-0.2, 0) is 11.4 Å². The second-order valence-corrected chi connectivity index (χ2v) is 2.69. The average Bonchev–Trinajstić information content (AvgIpc) is 2.03. The van der Waals surface area contributed by atoms with Gasteiger partial charge in [0.05, 0.1) is 6.61 Å². The highest BCUT2D eigenvalue weighted by atomic mass is 16.5. The Hall–Kier alpha value is -1.42. The third-order valence-corrected chi connectivity index (χ3v) is 1.50. The molecule has 0 aromatic carbocycles. The molecule has 1 rings (SSSR count). The molecule has 0 aliphatic rings. The van der Waals surface area contributed by atoms with E-state index in [0.717, 1.165) is 5.69 Å². The average molecular weight is 181 g/mol. The van der Waals surface area contributed by atoms with Gasteiger partial charge in [-0.3, -0.25) is 9.78 Å². The van der Waals surface area contributed by atoms with Crippen LogP contribution in [0, 0.1) is 6.92 Å². The molecule has 0 radical (unpaired) electrons. The van der Waals surface area contributed by atoms with Crippen LogP contribution in [0.25, 0.3) is 0 Å². The molecular weight excluding hydrogens is 170 g/mol. The van der Waals surface area contributed by atoms with Crippen LogP contribution in [0.5, 0.6) is 5.75 Å². The van der Waals surface area contributed by atoms with E-state index in [1.54, 1.807) is 13.0 Å². The van der Waals surface area contributed by atoms with Crippen molar-refractivity contribution in [2.45, 2.75) is 20.5 Å². The van der Waals surface area contributed by atoms with Gasteiger partial charge in [0.2, 0.25) is 0 Å². The van der Waals surface area contributed by atoms with Crippen LogP contribution in [0.2, 0.25) is 0 Å². The fourth-order valence-corrected chi connectivity index (χ4v) is 0.932. The van der Waals surface area contributed by atoms with Crippen molar-refractivity contribution in [3.63, 3.8) is 0 Å². The molecule has 0 unspecified atom stereocenters. The van der Waals surface area contributed by atoms with E-state index in [1.807, 2.05) is 0 Å². The van der Waals surface area contributed by atoms with Gasteiger partial charge in [0, 0.05) is 30.4 Å². The summed E-state index contributed by atoms with van der Waals surface area (Å²) in [5, 5.41) is 8.89. The van der Waals surface area contributed by atoms with E-state index in [2.05, 4.69) is 4.98 Å². The number of nitrogens with zero attached hydrogens (tertiary/aromatic N) is 1. The molecule has 4 nitrogen and oxygen atoms in total. The van der Waals surface area contributed by atoms with Gasteiger partial charge in [-0.25, -0.2) is 0 Å². The SMILES string of the molecule is CC(=O)Oc1cc(C)ncc1CO. The van der Waals surface area contributed by atoms with Crippen LogP contribution in [0.4, 0.5) is 0 Å². The third kappa shape index (κ3) is 2.52. The summed E-state index contributed by atoms with van der Waals surface area (Å²) in [5.41, 5.74) is 1.26. The lowest BCUT2D eigenvalue weighted by Gasteiger charge is -2.06. The summed E-state index contributed by atoms with van der Waals surface area (Å²) < 4.78 is 4.88. The maximum atomic E-state index is 10.7. The van der Waals surface area contributed by atoms with E-state index in [4.69, 9.17) is 9.84 Å². The smallest absolute Gasteiger partial charge is 0.308 e. The number of hydrogen-bond acceptors (Lipinski definition) is 4. The summed E-state index contributed by atoms with van der Waals surface area (Å²) in [6.07, 6.45) is 1.49. The number of aliphatic hydroxyl groups excluding tert-OH is 1. The van der Waals surface area contributed by atoms with E-state index >= 15 is 0 Å². The summed E-state index contributed by atoms with van der Waals surface area (Å²) in [6, 6.07) is 1.62. The summed E-state index contributed by atoms with van der Waals surface area (Å²) in [4.78, 5) is 14.6. The fourth-order valence-electron chi connectivity index (χ4n) is 0.932. The van der Waals surface area contributed by atoms with E-state index < -0.39 is 5.97 Å². The largest absolute Gasteiger partial charge is 0.426 e. The molecule has 0 fully saturated rings. The molecule has 1 aromatic rings. The molecule has 13 heavy (non-hydrogen) atoms. The van der Waals surface area contributed by atoms with Gasteiger partial charge in [-0.1, -0.05) is 0 Å². The number of carbonyl (C=O) groups excluding carboxylic acids is 1. The van der Waals surface area contributed by atoms with Crippen LogP contribution in [-0.4, -0.2) is 16.1 Å². The van der Waals surface area contributed by atoms with Crippen LogP contribution >= 0.6 is 0 Å². The van der Waals surface area contributed by atoms with E-state index in [9.17, 15) is 4.79 Å². The van der Waals surface area contributed by atoms with Crippen molar-refractivity contribution in [2.75, 3.05) is 0 Å². The first kappa shape index (κ1) is 9.67. The fraction of sp³-hybridized carbons (Fsp3) is 0.333. The zero-order valence-corrected chi connectivity index (χ0v) is 7.57. The van der Waals surface area contributed by atoms with Gasteiger partial charge < -0.3 is 9.84 Å². The Morgan fingerprint density at radius 2 is 2.38 bits per heavy atom. The minimum atomic E-state index is -0.402. The first-order valence-corrected chi connectivity index (χ1v) is 3.88. The highest BCUT2D eigenvalue weighted by molar-refractivity contribution is 5.69. The lowest BCUT2D eigenvalue weighted by molar-refractivity contribution is -0.131. The highest BCUT2D eigenvalue weighted by Gasteiger charge is 2.05. The first-order valence-electron chi connectivity index (χ1n) is 3.88. The molecule has 0 aliphatic heterocycles. The Morgan fingerprint density at radius 3 is 2.92 bits per heavy atom. The molecule has 0 aliphatic carbocycles. The number of carbonyl (C=O) groups is 1. The van der Waals surface area contributed by atoms with Gasteiger partial charge in [0.1, 0.15) is 5.75 Å². The molecule has 70 valence electrons. The van der Waals surface area contributed by atoms with E-state index in [-0.39, 0.29) is 6.61 Å². The van der Waals surface area contributed by atoms with Crippen molar-refractivity contribution >= 4 is 5.97 Å². The van der Waals surface area contributed by atoms with Gasteiger partial charge in [0.15, 0.2) is 0 Å². The molecule has 0 saturated heterocycles. The second kappa shape index (κ2) is 4.00. The number of aryl methyl sites for hydroxylation is 1. The number of pyridine rings is 1. The van der Waals surface area contributed by atoms with Crippen molar-refractivity contribution in [2.24, 2.45) is 0 Å². The summed E-state index contributed by atoms with van der Waals surface area (Å²) in [5.74, 6) is -0.0252. The maximum Gasteiger partial charge on any atom is 0.308 e. The number of aromatic nitrogens is 1. The maximum absolute atomic E-state index is 10.7. The quantitative estimate of drug-likeness (QED) is 0.686. The molecule has 0 amide bonds. The van der Waals surface area contributed by atoms with Crippen molar-refractivity contribution in [3.8, 4) is 5.75 Å². The predicted molar refractivity (Wildman–Crippen MR) is 46.2 cm³/mol. The van der Waals surface area contributed by atoms with Gasteiger partial charge in [-0.15, -0.1) is 0 Å². The number of rotatable bonds is 2. The molecule has 4 heteroatoms. The molecule has 0 saturated carbocycles. The molecule has 0 bridgehead atoms. The van der Waals surface area contributed by atoms with Gasteiger partial charge >= 0.3 is 5.97 Å². The summed E-state index contributed by atoms with van der Waals surface area (Å²) >= 11 is 0. The minimum absolute atomic E-state index is 0.185. The normalized spacial score (nSPS) is 9.77. The van der Waals surface area contributed by atoms with Gasteiger partial charge in [0.25, 0.3) is 0 Å². The van der Waals surface area contributed by atoms with Crippen molar-refractivity contribution in [1.29, 1.82) is 0 Å². The number of hydrogen-bond donors (Lipinski definition) is 1. The first-order chi connectivity index (χ1) is 6.13. The zero-order valence-electron chi connectivity index (χ0n) is 7.57. The lowest BCUT2D eigenvalue weighted by Crippen LogP contribution is -2.05. The van der Waals surface area contributed by atoms with Crippen LogP contribution in [0.15, 0.2) is 12.3 Å². The van der Waals surface area contributed by atoms with E-state index in [0.29, 0.717) is 11.3 Å². The standard InChI is InChI=1S/C9H11NO3/c1-6-3-9(13-7(2)12)8(5-11)4-10-6/h3-4,11H,5H2,1-2H3. The Labute approximate surface area is 76.2 Å². The Morgan fingerprint density at radius 1 is 1.69 bits per heavy atom. The highest BCUT2D eigenvalue weighted by Crippen LogP contribution is 2.18. The lowest BCUT2D eigenvalue weighted by atomic mass is 10.2. The zero-order chi connectivity index (χ0) is 9.84. The van der Waals surface area contributed by atoms with Crippen LogP contribution in [0.1, 0.15) is 18.2 Å². The molecule has 1 aromatic heterocycles. The molecular formula is C9H11NO3. The number of ether oxygens (including phenoxy) is 1. The summed E-state index contributed by atoms with van der Waals surface area (Å²) in [7, 11) is 0. The van der Waals surface area contributed by atoms with Crippen molar-refractivity contribution in [3.05, 3.63) is 23.5 Å². The van der Waals surface area contributed by atoms with Crippen molar-refractivity contribution in [1.82, 2.24) is 4.98 Å². The minimum Gasteiger partial charge on any atom is -0.426 e. The molecule has 0 spiro atoms. The number of esters is 1. The Balaban J connectivity index is 3.01. The monoisotopic (exact) mass is 181 g/mol. The van der Waals surface area contributed by atoms with Crippen LogP contribution in [0.3, 0.4) is 0 Å². The van der Waals surface area contributed by atoms with Gasteiger partial charge in [-0.05, 0) is 6.92 Å². The molecule has 1 heterocycles. The topological polar surface area (TPSA) is 59.4 Å². The third-order valence-electron chi connectivity index (χ3n) is 1.50. The van der Waals surface area contributed by atoms with Gasteiger partial charge in [-0.2, -0.15) is 0 Å².